The molecular weight excluding hydrogens is 1130 g/mol. The third-order valence-corrected chi connectivity index (χ3v) is 23.5. The lowest BCUT2D eigenvalue weighted by molar-refractivity contribution is 0.401. The molecule has 1 aliphatic rings. The molecule has 2 atom stereocenters. The molecule has 8 aromatic rings. The highest BCUT2D eigenvalue weighted by Gasteiger charge is 2.25. The number of hydrogen-bond acceptors (Lipinski definition) is 5. The van der Waals surface area contributed by atoms with E-state index in [1.165, 1.54) is 294 Å². The molecular formula is C83H112O2S3. The molecule has 2 unspecified atom stereocenters. The lowest BCUT2D eigenvalue weighted by Crippen LogP contribution is -2.08. The summed E-state index contributed by atoms with van der Waals surface area (Å²) in [7, 11) is 0. The van der Waals surface area contributed by atoms with Gasteiger partial charge in [0.25, 0.3) is 0 Å². The molecule has 0 spiro atoms. The summed E-state index contributed by atoms with van der Waals surface area (Å²) in [6.07, 6.45) is 55.3. The molecule has 0 amide bonds. The third kappa shape index (κ3) is 18.9. The van der Waals surface area contributed by atoms with E-state index in [1.54, 1.807) is 22.7 Å². The van der Waals surface area contributed by atoms with Crippen LogP contribution in [-0.4, -0.2) is 0 Å². The maximum absolute atomic E-state index is 15.4. The largest absolute Gasteiger partial charge is 0.289 e. The Kier molecular flexibility index (Phi) is 27.8. The zero-order valence-corrected chi connectivity index (χ0v) is 58.3. The van der Waals surface area contributed by atoms with Gasteiger partial charge in [0.05, 0.1) is 0 Å². The van der Waals surface area contributed by atoms with Crippen molar-refractivity contribution in [3.05, 3.63) is 136 Å². The van der Waals surface area contributed by atoms with Gasteiger partial charge in [0.1, 0.15) is 0 Å². The molecule has 0 N–H and O–H groups in total. The summed E-state index contributed by atoms with van der Waals surface area (Å²) in [5.41, 5.74) is 7.43. The highest BCUT2D eigenvalue weighted by molar-refractivity contribution is 7.16. The number of fused-ring (bicyclic) bond motifs is 6. The van der Waals surface area contributed by atoms with E-state index in [-0.39, 0.29) is 10.9 Å². The molecule has 3 aromatic heterocycles. The van der Waals surface area contributed by atoms with Gasteiger partial charge in [-0.1, -0.05) is 271 Å². The first-order valence-corrected chi connectivity index (χ1v) is 38.9. The molecule has 5 heteroatoms. The molecule has 0 saturated heterocycles. The van der Waals surface area contributed by atoms with Crippen molar-refractivity contribution in [1.82, 2.24) is 0 Å². The van der Waals surface area contributed by atoms with Crippen LogP contribution in [0.25, 0.3) is 75.1 Å². The molecule has 0 radical (unpaired) electrons. The number of allylic oxidation sites excluding steroid dienone is 4. The average molecular weight is 1240 g/mol. The Labute approximate surface area is 545 Å². The minimum Gasteiger partial charge on any atom is -0.289 e. The van der Waals surface area contributed by atoms with Crippen molar-refractivity contribution in [3.63, 3.8) is 0 Å². The van der Waals surface area contributed by atoms with Gasteiger partial charge in [-0.2, -0.15) is 0 Å². The zero-order chi connectivity index (χ0) is 61.5. The number of hydrogen-bond donors (Lipinski definition) is 0. The van der Waals surface area contributed by atoms with Crippen LogP contribution in [-0.2, 0) is 12.8 Å². The molecule has 88 heavy (non-hydrogen) atoms. The van der Waals surface area contributed by atoms with Gasteiger partial charge >= 0.3 is 0 Å². The second-order valence-electron chi connectivity index (χ2n) is 27.5. The second kappa shape index (κ2) is 36.0. The smallest absolute Gasteiger partial charge is 0.195 e. The van der Waals surface area contributed by atoms with E-state index in [2.05, 4.69) is 126 Å². The first kappa shape index (κ1) is 68.0. The Hall–Kier alpha value is -4.42. The van der Waals surface area contributed by atoms with Gasteiger partial charge in [0, 0.05) is 57.6 Å². The number of benzene rings is 3. The first-order valence-electron chi connectivity index (χ1n) is 36.4. The maximum Gasteiger partial charge on any atom is 0.195 e. The molecule has 0 saturated carbocycles. The molecule has 0 bridgehead atoms. The Morgan fingerprint density at radius 1 is 0.318 bits per heavy atom. The van der Waals surface area contributed by atoms with Crippen molar-refractivity contribution in [2.45, 2.75) is 292 Å². The summed E-state index contributed by atoms with van der Waals surface area (Å²) in [5.74, 6) is 1.11. The summed E-state index contributed by atoms with van der Waals surface area (Å²) in [4.78, 5) is 37.8. The topological polar surface area (TPSA) is 34.1 Å². The first-order chi connectivity index (χ1) is 43.2. The highest BCUT2D eigenvalue weighted by atomic mass is 32.1. The summed E-state index contributed by atoms with van der Waals surface area (Å²) in [5, 5.41) is 8.99. The minimum absolute atomic E-state index is 0.177. The Morgan fingerprint density at radius 3 is 0.966 bits per heavy atom. The van der Waals surface area contributed by atoms with Crippen molar-refractivity contribution in [2.75, 3.05) is 0 Å². The van der Waals surface area contributed by atoms with Gasteiger partial charge < -0.3 is 0 Å². The molecule has 3 heterocycles. The van der Waals surface area contributed by atoms with Crippen molar-refractivity contribution >= 4 is 88.2 Å². The van der Waals surface area contributed by atoms with Gasteiger partial charge in [-0.15, -0.1) is 34.0 Å². The maximum atomic E-state index is 15.4. The van der Waals surface area contributed by atoms with Crippen molar-refractivity contribution in [1.29, 1.82) is 0 Å². The number of rotatable bonds is 44. The quantitative estimate of drug-likeness (QED) is 0.0282. The predicted octanol–water partition coefficient (Wildman–Crippen LogP) is 27.3. The fraction of sp³-hybridized carbons (Fsp3) is 0.566. The normalized spacial score (nSPS) is 13.6. The van der Waals surface area contributed by atoms with Gasteiger partial charge in [0.2, 0.25) is 0 Å². The molecule has 0 aliphatic heterocycles. The molecule has 5 aromatic carbocycles. The fourth-order valence-electron chi connectivity index (χ4n) is 14.9. The SMILES string of the molecule is CCCCCCCCCCCCC(CCCCCCCC)Cc1cc2c(=O)c(-c3ccc(C)s3)cc2c2cc3c(CC(CCCCCCCC)CCCCCCCCCCCC)cc4c(=O)c(-c5ccc(C6=CC=C(c7ccc(C)s7)C6)s5)cc4c3cc12. The average Bonchev–Trinajstić information content (AvgIpc) is 1.47. The van der Waals surface area contributed by atoms with Crippen LogP contribution < -0.4 is 10.9 Å². The number of thiophene rings is 3. The molecule has 474 valence electrons. The van der Waals surface area contributed by atoms with Crippen LogP contribution in [0, 0.1) is 25.7 Å². The van der Waals surface area contributed by atoms with Gasteiger partial charge in [-0.3, -0.25) is 9.59 Å². The molecule has 1 aliphatic carbocycles. The van der Waals surface area contributed by atoms with E-state index in [9.17, 15) is 0 Å². The van der Waals surface area contributed by atoms with E-state index in [0.29, 0.717) is 11.8 Å². The summed E-state index contributed by atoms with van der Waals surface area (Å²) >= 11 is 5.41. The number of aryl methyl sites for hydroxylation is 2. The van der Waals surface area contributed by atoms with Crippen LogP contribution in [0.3, 0.4) is 0 Å². The summed E-state index contributed by atoms with van der Waals surface area (Å²) in [6, 6.07) is 27.7. The summed E-state index contributed by atoms with van der Waals surface area (Å²) in [6.45, 7) is 13.6. The standard InChI is InChI=1S/C83H112O2S3/c1-7-11-15-19-23-25-27-29-33-37-41-62(39-35-31-21-17-13-9-3)51-66-54-74-72(58-76(82(74)84)80-48-44-61(6)87-80)70-56-69-67(52-63(40-36-32-22-18-14-10-4)42-38-34-30-28-26-24-20-16-12-8-2)55-75-73(71(69)57-68(66)70)59-77(83(75)85)81-50-49-79(88-81)65-46-45-64(53-65)78-47-43-60(5)86-78/h43-50,54-59,62-63H,7-42,51-53H2,1-6H3. The van der Waals surface area contributed by atoms with Crippen LogP contribution in [0.1, 0.15) is 296 Å². The number of unbranched alkanes of at least 4 members (excludes halogenated alkanes) is 28. The summed E-state index contributed by atoms with van der Waals surface area (Å²) < 4.78 is 0. The molecule has 2 nitrogen and oxygen atoms in total. The lowest BCUT2D eigenvalue weighted by Gasteiger charge is -2.21. The Balaban J connectivity index is 1.11. The monoisotopic (exact) mass is 1240 g/mol. The van der Waals surface area contributed by atoms with Crippen LogP contribution in [0.15, 0.2) is 94.5 Å². The van der Waals surface area contributed by atoms with E-state index >= 15 is 9.59 Å². The van der Waals surface area contributed by atoms with Crippen LogP contribution in [0.2, 0.25) is 0 Å². The lowest BCUT2D eigenvalue weighted by atomic mass is 9.83. The van der Waals surface area contributed by atoms with Crippen molar-refractivity contribution in [2.24, 2.45) is 11.8 Å². The van der Waals surface area contributed by atoms with E-state index in [1.807, 2.05) is 11.3 Å². The van der Waals surface area contributed by atoms with Crippen molar-refractivity contribution < 1.29 is 0 Å². The Morgan fingerprint density at radius 2 is 0.614 bits per heavy atom. The molecule has 9 rings (SSSR count). The highest BCUT2D eigenvalue weighted by Crippen LogP contribution is 2.44. The van der Waals surface area contributed by atoms with Crippen LogP contribution >= 0.6 is 34.0 Å². The Bertz CT molecular complexity index is 3560. The van der Waals surface area contributed by atoms with Crippen LogP contribution in [0.4, 0.5) is 0 Å². The second-order valence-corrected chi connectivity index (χ2v) is 31.1. The third-order valence-electron chi connectivity index (χ3n) is 20.2. The van der Waals surface area contributed by atoms with Crippen molar-refractivity contribution in [3.8, 4) is 20.9 Å². The van der Waals surface area contributed by atoms with Crippen LogP contribution in [0.5, 0.6) is 0 Å². The molecule has 0 fully saturated rings. The van der Waals surface area contributed by atoms with E-state index in [0.717, 1.165) is 61.7 Å². The predicted molar refractivity (Wildman–Crippen MR) is 396 cm³/mol. The fourth-order valence-corrected chi connectivity index (χ4v) is 17.7. The van der Waals surface area contributed by atoms with Gasteiger partial charge in [-0.05, 0) is 166 Å². The van der Waals surface area contributed by atoms with Gasteiger partial charge in [0.15, 0.2) is 10.9 Å². The van der Waals surface area contributed by atoms with Gasteiger partial charge in [-0.25, -0.2) is 0 Å². The zero-order valence-electron chi connectivity index (χ0n) is 55.9. The minimum atomic E-state index is 0.177. The van der Waals surface area contributed by atoms with E-state index < -0.39 is 0 Å². The van der Waals surface area contributed by atoms with E-state index in [4.69, 9.17) is 0 Å².